The molecule has 62 valence electrons. The Kier molecular flexibility index (Phi) is 3.59. The normalized spacial score (nSPS) is 10.5. The topological polar surface area (TPSA) is 24.9 Å². The first-order valence-corrected chi connectivity index (χ1v) is 4.82. The average Bonchev–Trinajstić information content (AvgIpc) is 2.26. The lowest BCUT2D eigenvalue weighted by atomic mass is 10.5. The molecular formula is C6H8Cl2N2S. The van der Waals surface area contributed by atoms with E-state index >= 15 is 0 Å². The van der Waals surface area contributed by atoms with E-state index in [1.165, 1.54) is 11.3 Å². The van der Waals surface area contributed by atoms with Gasteiger partial charge in [0.25, 0.3) is 0 Å². The Morgan fingerprint density at radius 3 is 2.73 bits per heavy atom. The smallest absolute Gasteiger partial charge is 0.185 e. The van der Waals surface area contributed by atoms with Crippen molar-refractivity contribution in [1.29, 1.82) is 0 Å². The van der Waals surface area contributed by atoms with Crippen molar-refractivity contribution in [2.75, 3.05) is 6.54 Å². The minimum Gasteiger partial charge on any atom is -0.312 e. The van der Waals surface area contributed by atoms with Gasteiger partial charge in [-0.25, -0.2) is 4.98 Å². The minimum absolute atomic E-state index is 0.503. The average molecular weight is 211 g/mol. The van der Waals surface area contributed by atoms with E-state index in [0.29, 0.717) is 9.62 Å². The molecule has 0 bridgehead atoms. The van der Waals surface area contributed by atoms with Crippen molar-refractivity contribution >= 4 is 34.5 Å². The molecule has 0 saturated carbocycles. The summed E-state index contributed by atoms with van der Waals surface area (Å²) in [6, 6.07) is 0. The third-order valence-corrected chi connectivity index (χ3v) is 2.74. The summed E-state index contributed by atoms with van der Waals surface area (Å²) < 4.78 is 0.503. The fraction of sp³-hybridized carbons (Fsp3) is 0.500. The number of hydrogen-bond acceptors (Lipinski definition) is 3. The summed E-state index contributed by atoms with van der Waals surface area (Å²) in [4.78, 5) is 4.87. The number of hydrogen-bond donors (Lipinski definition) is 1. The molecule has 1 aromatic heterocycles. The van der Waals surface area contributed by atoms with Crippen LogP contribution < -0.4 is 5.32 Å². The minimum atomic E-state index is 0.503. The maximum atomic E-state index is 5.76. The predicted molar refractivity (Wildman–Crippen MR) is 49.5 cm³/mol. The lowest BCUT2D eigenvalue weighted by Gasteiger charge is -1.95. The van der Waals surface area contributed by atoms with E-state index in [0.717, 1.165) is 18.0 Å². The van der Waals surface area contributed by atoms with Gasteiger partial charge in [-0.2, -0.15) is 0 Å². The van der Waals surface area contributed by atoms with Gasteiger partial charge >= 0.3 is 0 Å². The number of nitrogens with zero attached hydrogens (tertiary/aromatic N) is 1. The van der Waals surface area contributed by atoms with Crippen LogP contribution >= 0.6 is 34.5 Å². The highest BCUT2D eigenvalue weighted by Crippen LogP contribution is 2.25. The van der Waals surface area contributed by atoms with Crippen LogP contribution in [0.3, 0.4) is 0 Å². The Morgan fingerprint density at radius 1 is 1.55 bits per heavy atom. The maximum Gasteiger partial charge on any atom is 0.185 e. The van der Waals surface area contributed by atoms with Crippen molar-refractivity contribution in [2.45, 2.75) is 13.5 Å². The van der Waals surface area contributed by atoms with Crippen molar-refractivity contribution in [3.8, 4) is 0 Å². The third-order valence-electron chi connectivity index (χ3n) is 1.16. The number of rotatable bonds is 3. The zero-order valence-corrected chi connectivity index (χ0v) is 8.35. The number of thiazole rings is 1. The lowest BCUT2D eigenvalue weighted by molar-refractivity contribution is 0.734. The first kappa shape index (κ1) is 9.26. The van der Waals surface area contributed by atoms with E-state index in [1.807, 2.05) is 6.92 Å². The molecule has 0 amide bonds. The van der Waals surface area contributed by atoms with Gasteiger partial charge in [-0.15, -0.1) is 11.3 Å². The first-order valence-electron chi connectivity index (χ1n) is 3.25. The molecule has 0 atom stereocenters. The van der Waals surface area contributed by atoms with Crippen LogP contribution in [0.2, 0.25) is 9.62 Å². The molecule has 0 fully saturated rings. The Bertz CT molecular complexity index is 236. The molecule has 0 aliphatic carbocycles. The summed E-state index contributed by atoms with van der Waals surface area (Å²) in [6.07, 6.45) is 0. The number of halogens is 2. The molecule has 11 heavy (non-hydrogen) atoms. The van der Waals surface area contributed by atoms with Crippen LogP contribution in [-0.4, -0.2) is 11.5 Å². The third kappa shape index (κ3) is 2.60. The highest BCUT2D eigenvalue weighted by atomic mass is 35.5. The first-order chi connectivity index (χ1) is 5.24. The molecule has 1 rings (SSSR count). The van der Waals surface area contributed by atoms with Crippen molar-refractivity contribution in [3.63, 3.8) is 0 Å². The van der Waals surface area contributed by atoms with Gasteiger partial charge in [-0.3, -0.25) is 0 Å². The van der Waals surface area contributed by atoms with E-state index in [4.69, 9.17) is 23.2 Å². The fourth-order valence-electron chi connectivity index (χ4n) is 0.654. The van der Waals surface area contributed by atoms with Crippen molar-refractivity contribution in [3.05, 3.63) is 14.5 Å². The van der Waals surface area contributed by atoms with Crippen molar-refractivity contribution < 1.29 is 0 Å². The van der Waals surface area contributed by atoms with Crippen LogP contribution in [0.4, 0.5) is 0 Å². The molecule has 2 nitrogen and oxygen atoms in total. The maximum absolute atomic E-state index is 5.76. The molecule has 0 unspecified atom stereocenters. The monoisotopic (exact) mass is 210 g/mol. The Balaban J connectivity index is 2.62. The van der Waals surface area contributed by atoms with Crippen LogP contribution in [0.5, 0.6) is 0 Å². The van der Waals surface area contributed by atoms with Gasteiger partial charge in [0.15, 0.2) is 4.47 Å². The summed E-state index contributed by atoms with van der Waals surface area (Å²) in [5.41, 5.74) is 0. The molecule has 0 radical (unpaired) electrons. The second kappa shape index (κ2) is 4.26. The molecule has 0 aromatic carbocycles. The molecule has 1 N–H and O–H groups in total. The molecule has 0 saturated heterocycles. The van der Waals surface area contributed by atoms with E-state index < -0.39 is 0 Å². The van der Waals surface area contributed by atoms with E-state index in [1.54, 1.807) is 0 Å². The van der Waals surface area contributed by atoms with Crippen molar-refractivity contribution in [2.24, 2.45) is 0 Å². The van der Waals surface area contributed by atoms with Gasteiger partial charge in [0.2, 0.25) is 0 Å². The highest BCUT2D eigenvalue weighted by Gasteiger charge is 2.05. The molecule has 1 aromatic rings. The van der Waals surface area contributed by atoms with Crippen LogP contribution in [0.15, 0.2) is 0 Å². The van der Waals surface area contributed by atoms with Gasteiger partial charge in [-0.05, 0) is 6.54 Å². The Morgan fingerprint density at radius 2 is 2.27 bits per heavy atom. The number of nitrogens with one attached hydrogen (secondary N) is 1. The van der Waals surface area contributed by atoms with Crippen molar-refractivity contribution in [1.82, 2.24) is 10.3 Å². The molecule has 1 heterocycles. The Labute approximate surface area is 79.5 Å². The lowest BCUT2D eigenvalue weighted by Crippen LogP contribution is -2.10. The summed E-state index contributed by atoms with van der Waals surface area (Å²) in [7, 11) is 0. The van der Waals surface area contributed by atoms with Gasteiger partial charge < -0.3 is 5.32 Å². The summed E-state index contributed by atoms with van der Waals surface area (Å²) in [5.74, 6) is 0. The predicted octanol–water partition coefficient (Wildman–Crippen LogP) is 2.56. The molecule has 0 spiro atoms. The summed E-state index contributed by atoms with van der Waals surface area (Å²) >= 11 is 12.8. The van der Waals surface area contributed by atoms with Gasteiger partial charge in [0, 0.05) is 6.54 Å². The van der Waals surface area contributed by atoms with E-state index in [9.17, 15) is 0 Å². The van der Waals surface area contributed by atoms with Crippen LogP contribution in [0.1, 0.15) is 11.8 Å². The second-order valence-electron chi connectivity index (χ2n) is 1.96. The van der Waals surface area contributed by atoms with Crippen LogP contribution in [0.25, 0.3) is 0 Å². The summed E-state index contributed by atoms with van der Waals surface area (Å²) in [5, 5.41) is 3.66. The van der Waals surface area contributed by atoms with E-state index in [2.05, 4.69) is 10.3 Å². The Hall–Kier alpha value is 0.170. The quantitative estimate of drug-likeness (QED) is 0.830. The summed E-state index contributed by atoms with van der Waals surface area (Å²) in [6.45, 7) is 3.71. The molecule has 0 aliphatic rings. The van der Waals surface area contributed by atoms with Gasteiger partial charge in [-0.1, -0.05) is 30.1 Å². The van der Waals surface area contributed by atoms with Crippen LogP contribution in [-0.2, 0) is 6.54 Å². The SMILES string of the molecule is CCNCc1sc(Cl)nc1Cl. The molecule has 5 heteroatoms. The highest BCUT2D eigenvalue weighted by molar-refractivity contribution is 7.16. The zero-order chi connectivity index (χ0) is 8.27. The molecular weight excluding hydrogens is 203 g/mol. The van der Waals surface area contributed by atoms with E-state index in [-0.39, 0.29) is 0 Å². The second-order valence-corrected chi connectivity index (χ2v) is 3.98. The van der Waals surface area contributed by atoms with Gasteiger partial charge in [0.1, 0.15) is 5.15 Å². The number of aromatic nitrogens is 1. The molecule has 0 aliphatic heterocycles. The standard InChI is InChI=1S/C6H8Cl2N2S/c1-2-9-3-4-5(7)10-6(8)11-4/h9H,2-3H2,1H3. The van der Waals surface area contributed by atoms with Crippen LogP contribution in [0, 0.1) is 0 Å². The zero-order valence-electron chi connectivity index (χ0n) is 6.03. The largest absolute Gasteiger partial charge is 0.312 e. The fourth-order valence-corrected chi connectivity index (χ4v) is 2.02. The van der Waals surface area contributed by atoms with Gasteiger partial charge in [0.05, 0.1) is 4.88 Å².